The molecule has 0 unspecified atom stereocenters. The molecule has 3 rings (SSSR count). The lowest BCUT2D eigenvalue weighted by Crippen LogP contribution is -2.36. The number of hydrogen-bond acceptors (Lipinski definition) is 3. The van der Waals surface area contributed by atoms with Crippen LogP contribution in [0.4, 0.5) is 8.78 Å². The Morgan fingerprint density at radius 3 is 2.56 bits per heavy atom. The number of ketones is 1. The molecule has 0 aromatic heterocycles. The van der Waals surface area contributed by atoms with Gasteiger partial charge in [0.25, 0.3) is 0 Å². The van der Waals surface area contributed by atoms with Crippen molar-refractivity contribution >= 4 is 5.78 Å². The molecule has 0 spiro atoms. The molecular weight excluding hydrogens is 322 g/mol. The zero-order valence-electron chi connectivity index (χ0n) is 13.7. The lowest BCUT2D eigenvalue weighted by atomic mass is 9.88. The van der Waals surface area contributed by atoms with E-state index in [-0.39, 0.29) is 17.3 Å². The van der Waals surface area contributed by atoms with Crippen molar-refractivity contribution in [2.24, 2.45) is 5.92 Å². The van der Waals surface area contributed by atoms with E-state index in [1.807, 2.05) is 18.2 Å². The second-order valence-corrected chi connectivity index (χ2v) is 6.31. The number of rotatable bonds is 4. The van der Waals surface area contributed by atoms with E-state index in [1.54, 1.807) is 6.07 Å². The molecule has 1 saturated heterocycles. The summed E-state index contributed by atoms with van der Waals surface area (Å²) in [6, 6.07) is 12.8. The average Bonchev–Trinajstić information content (AvgIpc) is 2.62. The molecule has 3 nitrogen and oxygen atoms in total. The van der Waals surface area contributed by atoms with Gasteiger partial charge in [0, 0.05) is 18.5 Å². The van der Waals surface area contributed by atoms with E-state index < -0.39 is 11.6 Å². The van der Waals surface area contributed by atoms with Crippen LogP contribution in [0.2, 0.25) is 0 Å². The Morgan fingerprint density at radius 1 is 1.16 bits per heavy atom. The van der Waals surface area contributed by atoms with Gasteiger partial charge in [0.1, 0.15) is 11.6 Å². The molecule has 1 aliphatic heterocycles. The Labute approximate surface area is 145 Å². The predicted octanol–water partition coefficient (Wildman–Crippen LogP) is 3.93. The molecule has 25 heavy (non-hydrogen) atoms. The monoisotopic (exact) mass is 340 g/mol. The van der Waals surface area contributed by atoms with Gasteiger partial charge in [0.05, 0.1) is 17.2 Å². The minimum Gasteiger partial charge on any atom is -0.299 e. The van der Waals surface area contributed by atoms with Crippen LogP contribution in [0.25, 0.3) is 0 Å². The highest BCUT2D eigenvalue weighted by molar-refractivity contribution is 5.98. The van der Waals surface area contributed by atoms with Crippen LogP contribution in [0.3, 0.4) is 0 Å². The molecule has 1 aliphatic rings. The van der Waals surface area contributed by atoms with Gasteiger partial charge in [-0.3, -0.25) is 9.69 Å². The number of hydrogen-bond donors (Lipinski definition) is 0. The predicted molar refractivity (Wildman–Crippen MR) is 89.8 cm³/mol. The second-order valence-electron chi connectivity index (χ2n) is 6.31. The summed E-state index contributed by atoms with van der Waals surface area (Å²) in [5.74, 6) is -1.98. The molecule has 5 heteroatoms. The molecule has 0 aliphatic carbocycles. The van der Waals surface area contributed by atoms with E-state index in [0.29, 0.717) is 38.0 Å². The molecule has 0 atom stereocenters. The largest absolute Gasteiger partial charge is 0.299 e. The first-order valence-electron chi connectivity index (χ1n) is 8.28. The topological polar surface area (TPSA) is 44.1 Å². The number of carbonyl (C=O) groups excluding carboxylic acids is 1. The highest BCUT2D eigenvalue weighted by Gasteiger charge is 2.27. The number of nitrogens with zero attached hydrogens (tertiary/aromatic N) is 2. The summed E-state index contributed by atoms with van der Waals surface area (Å²) in [7, 11) is 0. The van der Waals surface area contributed by atoms with Crippen LogP contribution in [0.1, 0.15) is 34.3 Å². The van der Waals surface area contributed by atoms with Crippen molar-refractivity contribution in [2.75, 3.05) is 13.1 Å². The summed E-state index contributed by atoms with van der Waals surface area (Å²) in [4.78, 5) is 14.7. The van der Waals surface area contributed by atoms with Crippen molar-refractivity contribution in [1.29, 1.82) is 5.26 Å². The maximum Gasteiger partial charge on any atom is 0.168 e. The molecule has 1 heterocycles. The highest BCUT2D eigenvalue weighted by atomic mass is 19.1. The lowest BCUT2D eigenvalue weighted by Gasteiger charge is -2.31. The van der Waals surface area contributed by atoms with E-state index in [1.165, 1.54) is 6.07 Å². The van der Waals surface area contributed by atoms with Crippen molar-refractivity contribution in [3.8, 4) is 6.07 Å². The third kappa shape index (κ3) is 3.92. The van der Waals surface area contributed by atoms with Crippen molar-refractivity contribution in [3.63, 3.8) is 0 Å². The van der Waals surface area contributed by atoms with Crippen LogP contribution in [0.5, 0.6) is 0 Å². The third-order valence-electron chi connectivity index (χ3n) is 4.69. The van der Waals surface area contributed by atoms with Crippen LogP contribution in [0, 0.1) is 28.9 Å². The third-order valence-corrected chi connectivity index (χ3v) is 4.69. The first-order chi connectivity index (χ1) is 12.1. The first-order valence-corrected chi connectivity index (χ1v) is 8.28. The van der Waals surface area contributed by atoms with E-state index in [0.717, 1.165) is 17.7 Å². The zero-order valence-corrected chi connectivity index (χ0v) is 13.7. The van der Waals surface area contributed by atoms with Gasteiger partial charge in [-0.25, -0.2) is 8.78 Å². The van der Waals surface area contributed by atoms with E-state index in [9.17, 15) is 13.6 Å². The van der Waals surface area contributed by atoms with Gasteiger partial charge in [-0.15, -0.1) is 0 Å². The molecule has 0 bridgehead atoms. The summed E-state index contributed by atoms with van der Waals surface area (Å²) in [5.41, 5.74) is 1.60. The van der Waals surface area contributed by atoms with E-state index >= 15 is 0 Å². The summed E-state index contributed by atoms with van der Waals surface area (Å²) < 4.78 is 26.8. The molecule has 128 valence electrons. The van der Waals surface area contributed by atoms with Gasteiger partial charge < -0.3 is 0 Å². The number of likely N-dealkylation sites (tertiary alicyclic amines) is 1. The Kier molecular flexibility index (Phi) is 5.20. The van der Waals surface area contributed by atoms with Crippen LogP contribution >= 0.6 is 0 Å². The van der Waals surface area contributed by atoms with Gasteiger partial charge in [-0.05, 0) is 49.7 Å². The smallest absolute Gasteiger partial charge is 0.168 e. The SMILES string of the molecule is N#Cc1ccccc1CN1CCC(C(=O)c2ccc(F)cc2F)CC1. The standard InChI is InChI=1S/C20H18F2N2O/c21-17-5-6-18(19(22)11-17)20(25)14-7-9-24(10-8-14)13-16-4-2-1-3-15(16)12-23/h1-6,11,14H,7-10,13H2. The Balaban J connectivity index is 1.62. The molecule has 2 aromatic carbocycles. The summed E-state index contributed by atoms with van der Waals surface area (Å²) in [5, 5.41) is 9.16. The maximum atomic E-state index is 13.8. The number of halogens is 2. The van der Waals surface area contributed by atoms with Crippen molar-refractivity contribution in [1.82, 2.24) is 4.90 Å². The van der Waals surface area contributed by atoms with Gasteiger partial charge in [0.2, 0.25) is 0 Å². The second kappa shape index (κ2) is 7.54. The molecule has 0 saturated carbocycles. The highest BCUT2D eigenvalue weighted by Crippen LogP contribution is 2.25. The average molecular weight is 340 g/mol. The van der Waals surface area contributed by atoms with Crippen molar-refractivity contribution < 1.29 is 13.6 Å². The minimum absolute atomic E-state index is 0.0327. The van der Waals surface area contributed by atoms with Gasteiger partial charge >= 0.3 is 0 Å². The Hall–Kier alpha value is -2.58. The number of carbonyl (C=O) groups is 1. The summed E-state index contributed by atoms with van der Waals surface area (Å²) in [6.07, 6.45) is 1.26. The van der Waals surface area contributed by atoms with Gasteiger partial charge in [-0.1, -0.05) is 18.2 Å². The number of Topliss-reactive ketones (excluding diaryl/α,β-unsaturated/α-hetero) is 1. The maximum absolute atomic E-state index is 13.8. The minimum atomic E-state index is -0.796. The first kappa shape index (κ1) is 17.2. The molecule has 0 radical (unpaired) electrons. The fraction of sp³-hybridized carbons (Fsp3) is 0.300. The number of piperidine rings is 1. The number of benzene rings is 2. The lowest BCUT2D eigenvalue weighted by molar-refractivity contribution is 0.0830. The van der Waals surface area contributed by atoms with Crippen LogP contribution in [0.15, 0.2) is 42.5 Å². The quantitative estimate of drug-likeness (QED) is 0.792. The summed E-state index contributed by atoms with van der Waals surface area (Å²) >= 11 is 0. The molecule has 1 fully saturated rings. The van der Waals surface area contributed by atoms with Crippen molar-refractivity contribution in [3.05, 3.63) is 70.8 Å². The van der Waals surface area contributed by atoms with Crippen LogP contribution < -0.4 is 0 Å². The number of nitriles is 1. The Bertz CT molecular complexity index is 821. The van der Waals surface area contributed by atoms with Crippen LogP contribution in [-0.2, 0) is 6.54 Å². The van der Waals surface area contributed by atoms with Gasteiger partial charge in [-0.2, -0.15) is 5.26 Å². The molecule has 2 aromatic rings. The molecule has 0 N–H and O–H groups in total. The van der Waals surface area contributed by atoms with Crippen molar-refractivity contribution in [2.45, 2.75) is 19.4 Å². The normalized spacial score (nSPS) is 15.7. The molecule has 0 amide bonds. The molecular formula is C20H18F2N2O. The fourth-order valence-electron chi connectivity index (χ4n) is 3.27. The summed E-state index contributed by atoms with van der Waals surface area (Å²) in [6.45, 7) is 2.08. The van der Waals surface area contributed by atoms with Crippen LogP contribution in [-0.4, -0.2) is 23.8 Å². The van der Waals surface area contributed by atoms with Gasteiger partial charge in [0.15, 0.2) is 5.78 Å². The Morgan fingerprint density at radius 2 is 1.88 bits per heavy atom. The van der Waals surface area contributed by atoms with E-state index in [4.69, 9.17) is 5.26 Å². The fourth-order valence-corrected chi connectivity index (χ4v) is 3.27. The van der Waals surface area contributed by atoms with E-state index in [2.05, 4.69) is 11.0 Å². The zero-order chi connectivity index (χ0) is 17.8.